The van der Waals surface area contributed by atoms with Crippen molar-refractivity contribution in [3.63, 3.8) is 0 Å². The van der Waals surface area contributed by atoms with E-state index in [1.165, 1.54) is 6.07 Å². The highest BCUT2D eigenvalue weighted by atomic mass is 79.9. The quantitative estimate of drug-likeness (QED) is 0.748. The molecule has 0 spiro atoms. The van der Waals surface area contributed by atoms with Crippen LogP contribution in [-0.2, 0) is 0 Å². The van der Waals surface area contributed by atoms with Crippen LogP contribution in [0.3, 0.4) is 0 Å². The first-order valence-electron chi connectivity index (χ1n) is 6.09. The molecule has 2 rings (SSSR count). The van der Waals surface area contributed by atoms with Gasteiger partial charge < -0.3 is 9.84 Å². The van der Waals surface area contributed by atoms with E-state index in [0.717, 1.165) is 0 Å². The minimum absolute atomic E-state index is 0.145. The molecule has 110 valence electrons. The number of carboxylic acids is 1. The first-order valence-corrected chi connectivity index (χ1v) is 7.64. The molecule has 2 aromatic rings. The van der Waals surface area contributed by atoms with Gasteiger partial charge in [0.15, 0.2) is 0 Å². The zero-order chi connectivity index (χ0) is 15.6. The van der Waals surface area contributed by atoms with Crippen molar-refractivity contribution in [2.24, 2.45) is 0 Å². The van der Waals surface area contributed by atoms with E-state index in [4.69, 9.17) is 27.9 Å². The third-order valence-electron chi connectivity index (χ3n) is 2.82. The van der Waals surface area contributed by atoms with Crippen LogP contribution in [0.1, 0.15) is 17.3 Å². The molecule has 0 aromatic heterocycles. The average molecular weight is 390 g/mol. The normalized spacial score (nSPS) is 10.5. The van der Waals surface area contributed by atoms with Crippen molar-refractivity contribution in [3.8, 4) is 16.9 Å². The summed E-state index contributed by atoms with van der Waals surface area (Å²) in [4.78, 5) is 11.4. The van der Waals surface area contributed by atoms with E-state index in [1.807, 2.05) is 6.92 Å². The van der Waals surface area contributed by atoms with Crippen molar-refractivity contribution >= 4 is 45.1 Å². The molecule has 0 amide bonds. The SMILES string of the molecule is CCOc1cc(Cl)c(-c2ccc(Br)cc2C(=O)O)cc1Cl. The predicted molar refractivity (Wildman–Crippen MR) is 87.7 cm³/mol. The topological polar surface area (TPSA) is 46.5 Å². The summed E-state index contributed by atoms with van der Waals surface area (Å²) >= 11 is 15.7. The molecular weight excluding hydrogens is 379 g/mol. The van der Waals surface area contributed by atoms with E-state index < -0.39 is 5.97 Å². The number of carboxylic acid groups (broad SMARTS) is 1. The van der Waals surface area contributed by atoms with Crippen LogP contribution in [0.2, 0.25) is 10.0 Å². The van der Waals surface area contributed by atoms with Gasteiger partial charge in [0.2, 0.25) is 0 Å². The fourth-order valence-corrected chi connectivity index (χ4v) is 2.76. The summed E-state index contributed by atoms with van der Waals surface area (Å²) in [6.45, 7) is 2.31. The Morgan fingerprint density at radius 1 is 1.19 bits per heavy atom. The summed E-state index contributed by atoms with van der Waals surface area (Å²) in [6, 6.07) is 8.17. The number of ether oxygens (including phenoxy) is 1. The molecule has 2 aromatic carbocycles. The maximum atomic E-state index is 11.4. The molecule has 0 fully saturated rings. The maximum absolute atomic E-state index is 11.4. The van der Waals surface area contributed by atoms with E-state index in [9.17, 15) is 9.90 Å². The number of hydrogen-bond donors (Lipinski definition) is 1. The van der Waals surface area contributed by atoms with E-state index >= 15 is 0 Å². The van der Waals surface area contributed by atoms with Gasteiger partial charge in [0.25, 0.3) is 0 Å². The van der Waals surface area contributed by atoms with Crippen molar-refractivity contribution in [1.82, 2.24) is 0 Å². The summed E-state index contributed by atoms with van der Waals surface area (Å²) in [7, 11) is 0. The van der Waals surface area contributed by atoms with Gasteiger partial charge >= 0.3 is 5.97 Å². The molecule has 6 heteroatoms. The van der Waals surface area contributed by atoms with Crippen molar-refractivity contribution in [2.45, 2.75) is 6.92 Å². The Hall–Kier alpha value is -1.23. The first kappa shape index (κ1) is 16.1. The standard InChI is InChI=1S/C15H11BrCl2O3/c1-2-21-14-7-12(17)10(6-13(14)18)9-4-3-8(16)5-11(9)15(19)20/h3-7H,2H2,1H3,(H,19,20). The highest BCUT2D eigenvalue weighted by Crippen LogP contribution is 2.38. The molecule has 0 heterocycles. The second kappa shape index (κ2) is 6.69. The zero-order valence-electron chi connectivity index (χ0n) is 11.0. The minimum Gasteiger partial charge on any atom is -0.492 e. The lowest BCUT2D eigenvalue weighted by Gasteiger charge is -2.12. The highest BCUT2D eigenvalue weighted by molar-refractivity contribution is 9.10. The van der Waals surface area contributed by atoms with Crippen molar-refractivity contribution in [2.75, 3.05) is 6.61 Å². The molecule has 0 saturated carbocycles. The predicted octanol–water partition coefficient (Wildman–Crippen LogP) is 5.52. The van der Waals surface area contributed by atoms with Crippen LogP contribution in [-0.4, -0.2) is 17.7 Å². The summed E-state index contributed by atoms with van der Waals surface area (Å²) in [5, 5.41) is 10.1. The molecule has 3 nitrogen and oxygen atoms in total. The van der Waals surface area contributed by atoms with Gasteiger partial charge in [-0.3, -0.25) is 0 Å². The zero-order valence-corrected chi connectivity index (χ0v) is 14.1. The Morgan fingerprint density at radius 2 is 1.90 bits per heavy atom. The fraction of sp³-hybridized carbons (Fsp3) is 0.133. The van der Waals surface area contributed by atoms with Crippen LogP contribution in [0, 0.1) is 0 Å². The van der Waals surface area contributed by atoms with Gasteiger partial charge in [-0.25, -0.2) is 4.79 Å². The van der Waals surface area contributed by atoms with Crippen LogP contribution >= 0.6 is 39.1 Å². The number of carbonyl (C=O) groups is 1. The van der Waals surface area contributed by atoms with Crippen LogP contribution in [0.15, 0.2) is 34.8 Å². The molecule has 0 aliphatic carbocycles. The van der Waals surface area contributed by atoms with E-state index in [-0.39, 0.29) is 5.56 Å². The van der Waals surface area contributed by atoms with Crippen molar-refractivity contribution in [1.29, 1.82) is 0 Å². The Balaban J connectivity index is 2.62. The van der Waals surface area contributed by atoms with Crippen LogP contribution in [0.25, 0.3) is 11.1 Å². The van der Waals surface area contributed by atoms with Gasteiger partial charge in [-0.05, 0) is 30.7 Å². The van der Waals surface area contributed by atoms with Gasteiger partial charge in [0, 0.05) is 16.1 Å². The average Bonchev–Trinajstić information content (AvgIpc) is 2.43. The van der Waals surface area contributed by atoms with Gasteiger partial charge in [-0.1, -0.05) is 45.2 Å². The van der Waals surface area contributed by atoms with Crippen LogP contribution in [0.5, 0.6) is 5.75 Å². The minimum atomic E-state index is -1.03. The fourth-order valence-electron chi connectivity index (χ4n) is 1.93. The van der Waals surface area contributed by atoms with Gasteiger partial charge in [-0.15, -0.1) is 0 Å². The molecule has 0 aliphatic heterocycles. The number of hydrogen-bond acceptors (Lipinski definition) is 2. The van der Waals surface area contributed by atoms with Crippen molar-refractivity contribution < 1.29 is 14.6 Å². The van der Waals surface area contributed by atoms with Crippen LogP contribution in [0.4, 0.5) is 0 Å². The van der Waals surface area contributed by atoms with E-state index in [0.29, 0.717) is 38.0 Å². The smallest absolute Gasteiger partial charge is 0.336 e. The number of halogens is 3. The van der Waals surface area contributed by atoms with Crippen LogP contribution < -0.4 is 4.74 Å². The summed E-state index contributed by atoms with van der Waals surface area (Å²) in [5.74, 6) is -0.561. The lowest BCUT2D eigenvalue weighted by molar-refractivity contribution is 0.0697. The molecule has 21 heavy (non-hydrogen) atoms. The monoisotopic (exact) mass is 388 g/mol. The molecule has 0 atom stereocenters. The number of aromatic carboxylic acids is 1. The lowest BCUT2D eigenvalue weighted by atomic mass is 9.99. The molecule has 0 radical (unpaired) electrons. The summed E-state index contributed by atoms with van der Waals surface area (Å²) < 4.78 is 6.04. The molecule has 0 saturated heterocycles. The Labute approximate surface area is 140 Å². The molecule has 0 aliphatic rings. The molecule has 0 unspecified atom stereocenters. The van der Waals surface area contributed by atoms with Gasteiger partial charge in [0.1, 0.15) is 5.75 Å². The Bertz CT molecular complexity index is 702. The highest BCUT2D eigenvalue weighted by Gasteiger charge is 2.17. The van der Waals surface area contributed by atoms with Crippen molar-refractivity contribution in [3.05, 3.63) is 50.4 Å². The molecular formula is C15H11BrCl2O3. The molecule has 0 bridgehead atoms. The third kappa shape index (κ3) is 3.51. The first-order chi connectivity index (χ1) is 9.93. The van der Waals surface area contributed by atoms with Gasteiger partial charge in [0.05, 0.1) is 22.2 Å². The second-order valence-electron chi connectivity index (χ2n) is 4.19. The number of benzene rings is 2. The van der Waals surface area contributed by atoms with Gasteiger partial charge in [-0.2, -0.15) is 0 Å². The maximum Gasteiger partial charge on any atom is 0.336 e. The van der Waals surface area contributed by atoms with E-state index in [1.54, 1.807) is 24.3 Å². The Morgan fingerprint density at radius 3 is 2.52 bits per heavy atom. The Kier molecular flexibility index (Phi) is 5.14. The largest absolute Gasteiger partial charge is 0.492 e. The van der Waals surface area contributed by atoms with E-state index in [2.05, 4.69) is 15.9 Å². The molecule has 1 N–H and O–H groups in total. The lowest BCUT2D eigenvalue weighted by Crippen LogP contribution is -2.00. The summed E-state index contributed by atoms with van der Waals surface area (Å²) in [5.41, 5.74) is 1.20. The second-order valence-corrected chi connectivity index (χ2v) is 5.92. The third-order valence-corrected chi connectivity index (χ3v) is 3.92. The summed E-state index contributed by atoms with van der Waals surface area (Å²) in [6.07, 6.45) is 0. The number of rotatable bonds is 4.